The first kappa shape index (κ1) is 24.1. The summed E-state index contributed by atoms with van der Waals surface area (Å²) in [5, 5.41) is 5.68. The number of ketones is 1. The topological polar surface area (TPSA) is 72.0 Å². The van der Waals surface area contributed by atoms with E-state index in [0.717, 1.165) is 16.6 Å². The molecule has 1 N–H and O–H groups in total. The van der Waals surface area contributed by atoms with Crippen LogP contribution in [0.1, 0.15) is 68.6 Å². The molecule has 1 fully saturated rings. The highest BCUT2D eigenvalue weighted by Crippen LogP contribution is 2.39. The number of nitrogens with zero attached hydrogens (tertiary/aromatic N) is 2. The zero-order chi connectivity index (χ0) is 24.1. The van der Waals surface area contributed by atoms with Crippen LogP contribution in [0.5, 0.6) is 0 Å². The van der Waals surface area contributed by atoms with Crippen LogP contribution in [0.15, 0.2) is 54.2 Å². The molecular weight excluding hydrogens is 463 g/mol. The summed E-state index contributed by atoms with van der Waals surface area (Å²) < 4.78 is 39.9. The molecule has 3 aromatic rings. The summed E-state index contributed by atoms with van der Waals surface area (Å²) in [6, 6.07) is 8.55. The molecule has 1 aliphatic rings. The van der Waals surface area contributed by atoms with Gasteiger partial charge in [-0.3, -0.25) is 14.6 Å². The van der Waals surface area contributed by atoms with Crippen molar-refractivity contribution < 1.29 is 22.8 Å². The van der Waals surface area contributed by atoms with Crippen molar-refractivity contribution in [3.05, 3.63) is 81.6 Å². The first-order chi connectivity index (χ1) is 16.3. The van der Waals surface area contributed by atoms with E-state index in [-0.39, 0.29) is 17.4 Å². The van der Waals surface area contributed by atoms with Crippen LogP contribution in [-0.4, -0.2) is 28.2 Å². The molecule has 178 valence electrons. The van der Waals surface area contributed by atoms with Gasteiger partial charge >= 0.3 is 6.18 Å². The molecule has 4 rings (SSSR count). The maximum atomic E-state index is 13.3. The molecule has 1 aromatic carbocycles. The van der Waals surface area contributed by atoms with Crippen molar-refractivity contribution >= 4 is 23.0 Å². The molecule has 0 radical (unpaired) electrons. The molecule has 34 heavy (non-hydrogen) atoms. The fourth-order valence-corrected chi connectivity index (χ4v) is 5.01. The lowest BCUT2D eigenvalue weighted by Gasteiger charge is -2.28. The fourth-order valence-electron chi connectivity index (χ4n) is 4.39. The van der Waals surface area contributed by atoms with Gasteiger partial charge in [0, 0.05) is 42.2 Å². The number of halogens is 3. The number of hydrogen-bond donors (Lipinski definition) is 1. The Labute approximate surface area is 199 Å². The monoisotopic (exact) mass is 487 g/mol. The van der Waals surface area contributed by atoms with Crippen LogP contribution in [0.2, 0.25) is 0 Å². The zero-order valence-corrected chi connectivity index (χ0v) is 19.2. The number of carbonyl (C=O) groups is 2. The molecule has 0 aliphatic heterocycles. The molecule has 0 atom stereocenters. The van der Waals surface area contributed by atoms with Crippen molar-refractivity contribution in [1.82, 2.24) is 15.3 Å². The van der Waals surface area contributed by atoms with Gasteiger partial charge in [0.15, 0.2) is 5.78 Å². The van der Waals surface area contributed by atoms with E-state index in [4.69, 9.17) is 0 Å². The third kappa shape index (κ3) is 5.70. The molecule has 1 aliphatic carbocycles. The van der Waals surface area contributed by atoms with Crippen LogP contribution in [0.3, 0.4) is 0 Å². The van der Waals surface area contributed by atoms with Crippen molar-refractivity contribution in [3.63, 3.8) is 0 Å². The highest BCUT2D eigenvalue weighted by molar-refractivity contribution is 7.09. The summed E-state index contributed by atoms with van der Waals surface area (Å²) in [7, 11) is 0. The van der Waals surface area contributed by atoms with Crippen LogP contribution in [-0.2, 0) is 12.6 Å². The number of benzene rings is 1. The first-order valence-corrected chi connectivity index (χ1v) is 12.0. The predicted octanol–water partition coefficient (Wildman–Crippen LogP) is 5.69. The predicted molar refractivity (Wildman–Crippen MR) is 123 cm³/mol. The Morgan fingerprint density at radius 2 is 1.79 bits per heavy atom. The average Bonchev–Trinajstić information content (AvgIpc) is 3.37. The minimum absolute atomic E-state index is 0.163. The van der Waals surface area contributed by atoms with E-state index in [1.54, 1.807) is 29.8 Å². The third-order valence-electron chi connectivity index (χ3n) is 6.19. The quantitative estimate of drug-likeness (QED) is 0.435. The minimum Gasteiger partial charge on any atom is -0.350 e. The number of pyridine rings is 1. The number of aromatic nitrogens is 2. The van der Waals surface area contributed by atoms with Gasteiger partial charge in [-0.25, -0.2) is 4.98 Å². The second kappa shape index (κ2) is 10.5. The average molecular weight is 488 g/mol. The van der Waals surface area contributed by atoms with E-state index in [1.165, 1.54) is 18.2 Å². The lowest BCUT2D eigenvalue weighted by Crippen LogP contribution is -2.26. The Morgan fingerprint density at radius 1 is 1.03 bits per heavy atom. The summed E-state index contributed by atoms with van der Waals surface area (Å²) in [5.41, 5.74) is 0.189. The van der Waals surface area contributed by atoms with Gasteiger partial charge in [0.1, 0.15) is 5.69 Å². The number of thiazole rings is 1. The number of nitrogens with one attached hydrogen (secondary N) is 1. The van der Waals surface area contributed by atoms with E-state index in [1.807, 2.05) is 11.4 Å². The van der Waals surface area contributed by atoms with Crippen LogP contribution in [0.25, 0.3) is 0 Å². The molecule has 2 aromatic heterocycles. The first-order valence-electron chi connectivity index (χ1n) is 11.2. The maximum Gasteiger partial charge on any atom is 0.417 e. The van der Waals surface area contributed by atoms with Gasteiger partial charge in [0.2, 0.25) is 0 Å². The summed E-state index contributed by atoms with van der Waals surface area (Å²) in [5.74, 6) is -0.943. The highest BCUT2D eigenvalue weighted by Gasteiger charge is 2.37. The van der Waals surface area contributed by atoms with Crippen molar-refractivity contribution in [2.24, 2.45) is 5.92 Å². The molecule has 0 bridgehead atoms. The molecule has 9 heteroatoms. The molecule has 2 heterocycles. The van der Waals surface area contributed by atoms with E-state index in [0.29, 0.717) is 44.3 Å². The van der Waals surface area contributed by atoms with Crippen LogP contribution in [0.4, 0.5) is 13.2 Å². The minimum atomic E-state index is -4.55. The Bertz CT molecular complexity index is 1120. The standard InChI is InChI=1S/C25H24F3N3O2S/c26-25(27,28)20-4-2-1-3-19(20)23(32)17-7-5-16(6-8-17)18-9-10-21(31-15-18)24(33)30-12-11-22-29-13-14-34-22/h1-4,9-10,13-17H,5-8,11-12H2,(H,30,33). The number of alkyl halides is 3. The lowest BCUT2D eigenvalue weighted by atomic mass is 9.76. The van der Waals surface area contributed by atoms with Gasteiger partial charge in [0.25, 0.3) is 5.91 Å². The van der Waals surface area contributed by atoms with Gasteiger partial charge in [-0.1, -0.05) is 24.3 Å². The zero-order valence-electron chi connectivity index (χ0n) is 18.3. The van der Waals surface area contributed by atoms with Crippen LogP contribution < -0.4 is 5.32 Å². The van der Waals surface area contributed by atoms with Crippen molar-refractivity contribution in [1.29, 1.82) is 0 Å². The van der Waals surface area contributed by atoms with Crippen LogP contribution >= 0.6 is 11.3 Å². The second-order valence-corrected chi connectivity index (χ2v) is 9.34. The summed E-state index contributed by atoms with van der Waals surface area (Å²) in [6.07, 6.45) is 1.94. The number of Topliss-reactive ketones (excluding diaryl/α,β-unsaturated/α-hetero) is 1. The highest BCUT2D eigenvalue weighted by atomic mass is 32.1. The van der Waals surface area contributed by atoms with Crippen molar-refractivity contribution in [2.75, 3.05) is 6.54 Å². The van der Waals surface area contributed by atoms with E-state index >= 15 is 0 Å². The number of carbonyl (C=O) groups excluding carboxylic acids is 2. The van der Waals surface area contributed by atoms with Crippen molar-refractivity contribution in [3.8, 4) is 0 Å². The Kier molecular flexibility index (Phi) is 7.41. The normalized spacial score (nSPS) is 18.4. The van der Waals surface area contributed by atoms with Gasteiger partial charge in [-0.15, -0.1) is 11.3 Å². The molecule has 5 nitrogen and oxygen atoms in total. The van der Waals surface area contributed by atoms with Gasteiger partial charge in [0.05, 0.1) is 10.6 Å². The van der Waals surface area contributed by atoms with E-state index in [9.17, 15) is 22.8 Å². The summed E-state index contributed by atoms with van der Waals surface area (Å²) >= 11 is 1.54. The van der Waals surface area contributed by atoms with Gasteiger partial charge in [-0.2, -0.15) is 13.2 Å². The second-order valence-electron chi connectivity index (χ2n) is 8.36. The SMILES string of the molecule is O=C(NCCc1nccs1)c1ccc(C2CCC(C(=O)c3ccccc3C(F)(F)F)CC2)cn1. The number of amides is 1. The molecule has 0 spiro atoms. The summed E-state index contributed by atoms with van der Waals surface area (Å²) in [4.78, 5) is 33.6. The Morgan fingerprint density at radius 3 is 2.44 bits per heavy atom. The number of hydrogen-bond acceptors (Lipinski definition) is 5. The molecule has 0 saturated heterocycles. The lowest BCUT2D eigenvalue weighted by molar-refractivity contribution is -0.138. The maximum absolute atomic E-state index is 13.3. The Balaban J connectivity index is 1.31. The smallest absolute Gasteiger partial charge is 0.350 e. The fraction of sp³-hybridized carbons (Fsp3) is 0.360. The van der Waals surface area contributed by atoms with Crippen molar-refractivity contribution in [2.45, 2.75) is 44.2 Å². The van der Waals surface area contributed by atoms with Gasteiger partial charge in [-0.05, 0) is 49.3 Å². The molecule has 0 unspecified atom stereocenters. The molecule has 1 amide bonds. The summed E-state index contributed by atoms with van der Waals surface area (Å²) in [6.45, 7) is 0.477. The van der Waals surface area contributed by atoms with E-state index < -0.39 is 23.4 Å². The molecular formula is C25H24F3N3O2S. The molecule has 1 saturated carbocycles. The van der Waals surface area contributed by atoms with Crippen LogP contribution in [0, 0.1) is 5.92 Å². The Hall–Kier alpha value is -3.07. The number of rotatable bonds is 7. The van der Waals surface area contributed by atoms with E-state index in [2.05, 4.69) is 15.3 Å². The van der Waals surface area contributed by atoms with Gasteiger partial charge < -0.3 is 5.32 Å². The largest absolute Gasteiger partial charge is 0.417 e. The third-order valence-corrected chi connectivity index (χ3v) is 7.03.